The number of nitrogens with zero attached hydrogens (tertiary/aromatic N) is 1. The topological polar surface area (TPSA) is 48.3 Å². The second kappa shape index (κ2) is 5.34. The number of methoxy groups -OCH3 is 1. The summed E-state index contributed by atoms with van der Waals surface area (Å²) in [6.07, 6.45) is 1.51. The van der Waals surface area contributed by atoms with Crippen molar-refractivity contribution in [3.8, 4) is 5.75 Å². The molecule has 0 aliphatic carbocycles. The van der Waals surface area contributed by atoms with E-state index < -0.39 is 10.0 Å². The molecule has 0 aliphatic rings. The van der Waals surface area contributed by atoms with Gasteiger partial charge in [0.2, 0.25) is 0 Å². The molecular weight excluding hydrogens is 322 g/mol. The summed E-state index contributed by atoms with van der Waals surface area (Å²) in [5.74, 6) is 0.586. The number of halogens is 1. The quantitative estimate of drug-likeness (QED) is 0.730. The molecule has 0 N–H and O–H groups in total. The van der Waals surface area contributed by atoms with Crippen LogP contribution in [-0.2, 0) is 10.0 Å². The molecule has 3 aromatic rings. The Morgan fingerprint density at radius 2 is 1.77 bits per heavy atom. The number of aryl methyl sites for hydroxylation is 1. The summed E-state index contributed by atoms with van der Waals surface area (Å²) in [7, 11) is -2.15. The first-order chi connectivity index (χ1) is 10.4. The van der Waals surface area contributed by atoms with Crippen LogP contribution in [0, 0.1) is 6.92 Å². The maximum absolute atomic E-state index is 12.8. The molecule has 3 rings (SSSR count). The Hall–Kier alpha value is -1.98. The first kappa shape index (κ1) is 14.9. The SMILES string of the molecule is COc1cc(Cl)c2c(ccn2S(=O)(=O)c2ccc(C)cc2)c1. The number of aromatic nitrogens is 1. The summed E-state index contributed by atoms with van der Waals surface area (Å²) in [5, 5.41) is 1.04. The van der Waals surface area contributed by atoms with Gasteiger partial charge in [-0.25, -0.2) is 12.4 Å². The van der Waals surface area contributed by atoms with Gasteiger partial charge in [-0.15, -0.1) is 0 Å². The Balaban J connectivity index is 2.24. The molecule has 0 spiro atoms. The van der Waals surface area contributed by atoms with Crippen molar-refractivity contribution in [1.82, 2.24) is 3.97 Å². The molecule has 0 bridgehead atoms. The number of fused-ring (bicyclic) bond motifs is 1. The van der Waals surface area contributed by atoms with Crippen molar-refractivity contribution in [2.24, 2.45) is 0 Å². The monoisotopic (exact) mass is 335 g/mol. The van der Waals surface area contributed by atoms with E-state index in [2.05, 4.69) is 0 Å². The van der Waals surface area contributed by atoms with Gasteiger partial charge in [-0.1, -0.05) is 29.3 Å². The van der Waals surface area contributed by atoms with Crippen molar-refractivity contribution in [2.75, 3.05) is 7.11 Å². The van der Waals surface area contributed by atoms with Gasteiger partial charge >= 0.3 is 0 Å². The van der Waals surface area contributed by atoms with Crippen LogP contribution >= 0.6 is 11.6 Å². The summed E-state index contributed by atoms with van der Waals surface area (Å²) in [6, 6.07) is 11.8. The fourth-order valence-electron chi connectivity index (χ4n) is 2.32. The van der Waals surface area contributed by atoms with Gasteiger partial charge < -0.3 is 4.74 Å². The Labute approximate surface area is 133 Å². The van der Waals surface area contributed by atoms with Gasteiger partial charge in [0.25, 0.3) is 10.0 Å². The third kappa shape index (κ3) is 2.36. The smallest absolute Gasteiger partial charge is 0.268 e. The average molecular weight is 336 g/mol. The summed E-state index contributed by atoms with van der Waals surface area (Å²) >= 11 is 6.24. The predicted octanol–water partition coefficient (Wildman–Crippen LogP) is 3.85. The first-order valence-electron chi connectivity index (χ1n) is 6.60. The van der Waals surface area contributed by atoms with Crippen molar-refractivity contribution >= 4 is 32.5 Å². The van der Waals surface area contributed by atoms with Crippen molar-refractivity contribution in [3.05, 3.63) is 59.2 Å². The number of hydrogen-bond donors (Lipinski definition) is 0. The fraction of sp³-hybridized carbons (Fsp3) is 0.125. The predicted molar refractivity (Wildman–Crippen MR) is 87.3 cm³/mol. The van der Waals surface area contributed by atoms with Crippen molar-refractivity contribution < 1.29 is 13.2 Å². The average Bonchev–Trinajstić information content (AvgIpc) is 2.92. The van der Waals surface area contributed by atoms with E-state index in [1.165, 1.54) is 17.3 Å². The van der Waals surface area contributed by atoms with Crippen LogP contribution in [0.3, 0.4) is 0 Å². The summed E-state index contributed by atoms with van der Waals surface area (Å²) in [4.78, 5) is 0.225. The highest BCUT2D eigenvalue weighted by Gasteiger charge is 2.20. The molecule has 0 atom stereocenters. The van der Waals surface area contributed by atoms with E-state index in [4.69, 9.17) is 16.3 Å². The van der Waals surface area contributed by atoms with Crippen LogP contribution in [-0.4, -0.2) is 19.5 Å². The molecule has 1 aromatic heterocycles. The fourth-order valence-corrected chi connectivity index (χ4v) is 4.05. The van der Waals surface area contributed by atoms with Gasteiger partial charge in [0.15, 0.2) is 0 Å². The third-order valence-corrected chi connectivity index (χ3v) is 5.47. The number of rotatable bonds is 3. The Morgan fingerprint density at radius 3 is 2.41 bits per heavy atom. The maximum atomic E-state index is 12.8. The van der Waals surface area contributed by atoms with Gasteiger partial charge in [0.1, 0.15) is 5.75 Å². The lowest BCUT2D eigenvalue weighted by molar-refractivity contribution is 0.415. The maximum Gasteiger partial charge on any atom is 0.268 e. The zero-order chi connectivity index (χ0) is 15.9. The minimum atomic E-state index is -3.69. The highest BCUT2D eigenvalue weighted by molar-refractivity contribution is 7.90. The van der Waals surface area contributed by atoms with Crippen LogP contribution in [0.1, 0.15) is 5.56 Å². The van der Waals surface area contributed by atoms with Gasteiger partial charge in [-0.2, -0.15) is 0 Å². The third-order valence-electron chi connectivity index (χ3n) is 3.49. The zero-order valence-corrected chi connectivity index (χ0v) is 13.6. The molecule has 22 heavy (non-hydrogen) atoms. The number of benzene rings is 2. The molecule has 0 saturated heterocycles. The molecule has 0 saturated carbocycles. The molecule has 4 nitrogen and oxygen atoms in total. The minimum absolute atomic E-state index is 0.225. The zero-order valence-electron chi connectivity index (χ0n) is 12.1. The molecule has 2 aromatic carbocycles. The molecule has 1 heterocycles. The van der Waals surface area contributed by atoms with E-state index in [1.54, 1.807) is 42.5 Å². The van der Waals surface area contributed by atoms with Gasteiger partial charge in [-0.05, 0) is 31.2 Å². The van der Waals surface area contributed by atoms with Gasteiger partial charge in [0, 0.05) is 17.6 Å². The summed E-state index contributed by atoms with van der Waals surface area (Å²) < 4.78 is 32.0. The Kier molecular flexibility index (Phi) is 3.62. The minimum Gasteiger partial charge on any atom is -0.497 e. The summed E-state index contributed by atoms with van der Waals surface area (Å²) in [6.45, 7) is 1.91. The number of ether oxygens (including phenoxy) is 1. The highest BCUT2D eigenvalue weighted by atomic mass is 35.5. The van der Waals surface area contributed by atoms with Crippen LogP contribution in [0.2, 0.25) is 5.02 Å². The second-order valence-corrected chi connectivity index (χ2v) is 7.20. The Bertz CT molecular complexity index is 943. The lowest BCUT2D eigenvalue weighted by atomic mass is 10.2. The van der Waals surface area contributed by atoms with Crippen LogP contribution in [0.15, 0.2) is 53.6 Å². The van der Waals surface area contributed by atoms with Crippen LogP contribution < -0.4 is 4.74 Å². The molecule has 0 aliphatic heterocycles. The normalized spacial score (nSPS) is 11.8. The molecule has 0 radical (unpaired) electrons. The molecule has 0 amide bonds. The van der Waals surface area contributed by atoms with E-state index in [1.807, 2.05) is 6.92 Å². The highest BCUT2D eigenvalue weighted by Crippen LogP contribution is 2.32. The van der Waals surface area contributed by atoms with Crippen molar-refractivity contribution in [2.45, 2.75) is 11.8 Å². The van der Waals surface area contributed by atoms with E-state index in [9.17, 15) is 8.42 Å². The lowest BCUT2D eigenvalue weighted by Crippen LogP contribution is -2.12. The van der Waals surface area contributed by atoms with Gasteiger partial charge in [-0.3, -0.25) is 0 Å². The molecule has 114 valence electrons. The standard InChI is InChI=1S/C16H14ClNO3S/c1-11-3-5-14(6-4-11)22(19,20)18-8-7-12-9-13(21-2)10-15(17)16(12)18/h3-10H,1-2H3. The largest absolute Gasteiger partial charge is 0.497 e. The number of hydrogen-bond acceptors (Lipinski definition) is 3. The molecule has 6 heteroatoms. The lowest BCUT2D eigenvalue weighted by Gasteiger charge is -2.10. The van der Waals surface area contributed by atoms with Crippen LogP contribution in [0.25, 0.3) is 10.9 Å². The molecule has 0 unspecified atom stereocenters. The van der Waals surface area contributed by atoms with E-state index in [0.717, 1.165) is 5.56 Å². The van der Waals surface area contributed by atoms with E-state index in [-0.39, 0.29) is 4.90 Å². The Morgan fingerprint density at radius 1 is 1.09 bits per heavy atom. The van der Waals surface area contributed by atoms with Crippen LogP contribution in [0.4, 0.5) is 0 Å². The van der Waals surface area contributed by atoms with Crippen molar-refractivity contribution in [1.29, 1.82) is 0 Å². The van der Waals surface area contributed by atoms with E-state index >= 15 is 0 Å². The van der Waals surface area contributed by atoms with Crippen molar-refractivity contribution in [3.63, 3.8) is 0 Å². The second-order valence-electron chi connectivity index (χ2n) is 4.98. The molecular formula is C16H14ClNO3S. The molecule has 0 fully saturated rings. The van der Waals surface area contributed by atoms with Crippen LogP contribution in [0.5, 0.6) is 5.75 Å². The van der Waals surface area contributed by atoms with E-state index in [0.29, 0.717) is 21.7 Å². The van der Waals surface area contributed by atoms with Gasteiger partial charge in [0.05, 0.1) is 22.5 Å². The first-order valence-corrected chi connectivity index (χ1v) is 8.42. The summed E-state index contributed by atoms with van der Waals surface area (Å²) in [5.41, 5.74) is 1.45.